The van der Waals surface area contributed by atoms with E-state index in [0.717, 1.165) is 18.4 Å². The van der Waals surface area contributed by atoms with E-state index in [9.17, 15) is 4.79 Å². The largest absolute Gasteiger partial charge is 0.495 e. The third-order valence-corrected chi connectivity index (χ3v) is 3.19. The van der Waals surface area contributed by atoms with Crippen molar-refractivity contribution in [3.8, 4) is 5.75 Å². The lowest BCUT2D eigenvalue weighted by Gasteiger charge is -2.22. The maximum atomic E-state index is 12.2. The average Bonchev–Trinajstić information content (AvgIpc) is 3.22. The van der Waals surface area contributed by atoms with Gasteiger partial charge in [0.1, 0.15) is 5.75 Å². The van der Waals surface area contributed by atoms with Crippen LogP contribution in [-0.4, -0.2) is 42.3 Å². The molecule has 5 heteroatoms. The summed E-state index contributed by atoms with van der Waals surface area (Å²) in [5, 5.41) is 11.9. The molecule has 1 aromatic carbocycles. The minimum atomic E-state index is -0.182. The fraction of sp³-hybridized carbons (Fsp3) is 0.500. The van der Waals surface area contributed by atoms with E-state index in [1.54, 1.807) is 12.0 Å². The van der Waals surface area contributed by atoms with Gasteiger partial charge in [0.25, 0.3) is 0 Å². The molecule has 0 saturated heterocycles. The maximum absolute atomic E-state index is 12.2. The summed E-state index contributed by atoms with van der Waals surface area (Å²) < 4.78 is 5.26. The Labute approximate surface area is 113 Å². The summed E-state index contributed by atoms with van der Waals surface area (Å²) in [5.41, 5.74) is 1.73. The number of aryl methyl sites for hydroxylation is 1. The minimum Gasteiger partial charge on any atom is -0.495 e. The second-order valence-corrected chi connectivity index (χ2v) is 4.78. The van der Waals surface area contributed by atoms with Crippen LogP contribution in [0, 0.1) is 6.92 Å². The Morgan fingerprint density at radius 1 is 1.53 bits per heavy atom. The number of urea groups is 1. The first-order valence-corrected chi connectivity index (χ1v) is 6.49. The van der Waals surface area contributed by atoms with Gasteiger partial charge in [-0.3, -0.25) is 0 Å². The third-order valence-electron chi connectivity index (χ3n) is 3.19. The van der Waals surface area contributed by atoms with Crippen LogP contribution in [0.2, 0.25) is 0 Å². The van der Waals surface area contributed by atoms with Gasteiger partial charge in [0.05, 0.1) is 19.4 Å². The van der Waals surface area contributed by atoms with Crippen molar-refractivity contribution in [2.75, 3.05) is 25.6 Å². The molecule has 2 amide bonds. The normalized spacial score (nSPS) is 14.1. The van der Waals surface area contributed by atoms with Crippen LogP contribution in [0.25, 0.3) is 0 Å². The summed E-state index contributed by atoms with van der Waals surface area (Å²) in [7, 11) is 1.58. The molecule has 19 heavy (non-hydrogen) atoms. The lowest BCUT2D eigenvalue weighted by molar-refractivity contribution is 0.185. The van der Waals surface area contributed by atoms with E-state index in [1.807, 2.05) is 25.1 Å². The van der Waals surface area contributed by atoms with Crippen LogP contribution in [0.4, 0.5) is 10.5 Å². The number of amides is 2. The number of benzene rings is 1. The summed E-state index contributed by atoms with van der Waals surface area (Å²) in [6.07, 6.45) is 2.02. The zero-order valence-electron chi connectivity index (χ0n) is 11.3. The van der Waals surface area contributed by atoms with Crippen molar-refractivity contribution in [2.45, 2.75) is 25.8 Å². The molecule has 1 fully saturated rings. The van der Waals surface area contributed by atoms with Gasteiger partial charge in [-0.15, -0.1) is 0 Å². The molecule has 5 nitrogen and oxygen atoms in total. The molecule has 104 valence electrons. The van der Waals surface area contributed by atoms with Crippen LogP contribution in [0.15, 0.2) is 18.2 Å². The van der Waals surface area contributed by atoms with Crippen LogP contribution in [0.3, 0.4) is 0 Å². The third kappa shape index (κ3) is 3.38. The quantitative estimate of drug-likeness (QED) is 0.855. The summed E-state index contributed by atoms with van der Waals surface area (Å²) in [6.45, 7) is 2.32. The SMILES string of the molecule is COc1cc(C)ccc1NC(=O)N(CCO)C1CC1. The number of nitrogens with zero attached hydrogens (tertiary/aromatic N) is 1. The minimum absolute atomic E-state index is 0.0189. The first kappa shape index (κ1) is 13.7. The van der Waals surface area contributed by atoms with E-state index in [-0.39, 0.29) is 18.7 Å². The van der Waals surface area contributed by atoms with Gasteiger partial charge in [-0.25, -0.2) is 4.79 Å². The lowest BCUT2D eigenvalue weighted by Crippen LogP contribution is -2.38. The van der Waals surface area contributed by atoms with Gasteiger partial charge in [-0.2, -0.15) is 0 Å². The molecular formula is C14H20N2O3. The second kappa shape index (κ2) is 5.93. The van der Waals surface area contributed by atoms with Crippen LogP contribution in [0.1, 0.15) is 18.4 Å². The summed E-state index contributed by atoms with van der Waals surface area (Å²) in [5.74, 6) is 0.646. The van der Waals surface area contributed by atoms with Crippen molar-refractivity contribution in [3.63, 3.8) is 0 Å². The molecule has 2 N–H and O–H groups in total. The van der Waals surface area contributed by atoms with E-state index in [4.69, 9.17) is 9.84 Å². The summed E-state index contributed by atoms with van der Waals surface area (Å²) in [6, 6.07) is 5.72. The maximum Gasteiger partial charge on any atom is 0.322 e. The van der Waals surface area contributed by atoms with Crippen molar-refractivity contribution in [1.82, 2.24) is 4.90 Å². The molecule has 1 aliphatic carbocycles. The molecule has 0 atom stereocenters. The van der Waals surface area contributed by atoms with Gasteiger partial charge >= 0.3 is 6.03 Å². The second-order valence-electron chi connectivity index (χ2n) is 4.78. The summed E-state index contributed by atoms with van der Waals surface area (Å²) >= 11 is 0. The van der Waals surface area contributed by atoms with Gasteiger partial charge in [0, 0.05) is 12.6 Å². The first-order chi connectivity index (χ1) is 9.15. The van der Waals surface area contributed by atoms with Gasteiger partial charge in [-0.1, -0.05) is 6.07 Å². The molecule has 0 heterocycles. The van der Waals surface area contributed by atoms with Gasteiger partial charge in [0.2, 0.25) is 0 Å². The predicted octanol–water partition coefficient (Wildman–Crippen LogP) is 1.99. The van der Waals surface area contributed by atoms with Crippen molar-refractivity contribution in [2.24, 2.45) is 0 Å². The Morgan fingerprint density at radius 2 is 2.26 bits per heavy atom. The number of carbonyl (C=O) groups is 1. The van der Waals surface area contributed by atoms with Crippen LogP contribution >= 0.6 is 0 Å². The van der Waals surface area contributed by atoms with Crippen LogP contribution < -0.4 is 10.1 Å². The lowest BCUT2D eigenvalue weighted by atomic mass is 10.2. The Kier molecular flexibility index (Phi) is 4.27. The molecule has 0 unspecified atom stereocenters. The monoisotopic (exact) mass is 264 g/mol. The highest BCUT2D eigenvalue weighted by Gasteiger charge is 2.32. The van der Waals surface area contributed by atoms with Gasteiger partial charge < -0.3 is 20.1 Å². The van der Waals surface area contributed by atoms with Crippen LogP contribution in [0.5, 0.6) is 5.75 Å². The van der Waals surface area contributed by atoms with Crippen molar-refractivity contribution in [1.29, 1.82) is 0 Å². The highest BCUT2D eigenvalue weighted by molar-refractivity contribution is 5.91. The molecule has 1 saturated carbocycles. The molecule has 1 aromatic rings. The Hall–Kier alpha value is -1.75. The Bertz CT molecular complexity index is 458. The standard InChI is InChI=1S/C14H20N2O3/c1-10-3-6-12(13(9-10)19-2)15-14(18)16(7-8-17)11-4-5-11/h3,6,9,11,17H,4-5,7-8H2,1-2H3,(H,15,18). The molecular weight excluding hydrogens is 244 g/mol. The molecule has 0 spiro atoms. The number of rotatable bonds is 5. The zero-order valence-corrected chi connectivity index (χ0v) is 11.3. The van der Waals surface area contributed by atoms with Crippen LogP contribution in [-0.2, 0) is 0 Å². The zero-order chi connectivity index (χ0) is 13.8. The number of hydrogen-bond donors (Lipinski definition) is 2. The number of ether oxygens (including phenoxy) is 1. The fourth-order valence-electron chi connectivity index (χ4n) is 2.03. The molecule has 0 aliphatic heterocycles. The Balaban J connectivity index is 2.08. The van der Waals surface area contributed by atoms with E-state index in [2.05, 4.69) is 5.32 Å². The number of methoxy groups -OCH3 is 1. The number of anilines is 1. The van der Waals surface area contributed by atoms with E-state index < -0.39 is 0 Å². The van der Waals surface area contributed by atoms with E-state index in [0.29, 0.717) is 18.0 Å². The van der Waals surface area contributed by atoms with Gasteiger partial charge in [0.15, 0.2) is 0 Å². The number of hydrogen-bond acceptors (Lipinski definition) is 3. The van der Waals surface area contributed by atoms with Gasteiger partial charge in [-0.05, 0) is 37.5 Å². The molecule has 2 rings (SSSR count). The smallest absolute Gasteiger partial charge is 0.322 e. The molecule has 1 aliphatic rings. The van der Waals surface area contributed by atoms with E-state index in [1.165, 1.54) is 0 Å². The molecule has 0 aromatic heterocycles. The van der Waals surface area contributed by atoms with Crippen molar-refractivity contribution >= 4 is 11.7 Å². The average molecular weight is 264 g/mol. The number of aliphatic hydroxyl groups is 1. The summed E-state index contributed by atoms with van der Waals surface area (Å²) in [4.78, 5) is 13.9. The number of aliphatic hydroxyl groups excluding tert-OH is 1. The topological polar surface area (TPSA) is 61.8 Å². The van der Waals surface area contributed by atoms with Crippen molar-refractivity contribution in [3.05, 3.63) is 23.8 Å². The fourth-order valence-corrected chi connectivity index (χ4v) is 2.03. The number of nitrogens with one attached hydrogen (secondary N) is 1. The highest BCUT2D eigenvalue weighted by Crippen LogP contribution is 2.29. The van der Waals surface area contributed by atoms with E-state index >= 15 is 0 Å². The molecule has 0 radical (unpaired) electrons. The molecule has 0 bridgehead atoms. The Morgan fingerprint density at radius 3 is 2.84 bits per heavy atom. The number of carbonyl (C=O) groups excluding carboxylic acids is 1. The first-order valence-electron chi connectivity index (χ1n) is 6.49. The highest BCUT2D eigenvalue weighted by atomic mass is 16.5. The van der Waals surface area contributed by atoms with Crippen molar-refractivity contribution < 1.29 is 14.6 Å². The predicted molar refractivity (Wildman–Crippen MR) is 73.6 cm³/mol.